The van der Waals surface area contributed by atoms with Gasteiger partial charge >= 0.3 is 66.7 Å². The maximum Gasteiger partial charge on any atom is 0 e. The molecule has 67 heavy (non-hydrogen) atoms. The van der Waals surface area contributed by atoms with Crippen LogP contribution in [0.25, 0.3) is 54.9 Å². The normalized spacial score (nSPS) is 10.3. The second kappa shape index (κ2) is 35.6. The quantitative estimate of drug-likeness (QED) is 0.0967. The van der Waals surface area contributed by atoms with Gasteiger partial charge in [-0.15, -0.1) is 18.5 Å². The summed E-state index contributed by atoms with van der Waals surface area (Å²) in [6, 6.07) is 67.5. The van der Waals surface area contributed by atoms with E-state index in [2.05, 4.69) is 202 Å². The van der Waals surface area contributed by atoms with Crippen LogP contribution in [0.15, 0.2) is 194 Å². The number of halogens is 12. The minimum Gasteiger partial charge on any atom is -0.0622 e. The van der Waals surface area contributed by atoms with Gasteiger partial charge in [0.15, 0.2) is 0 Å². The van der Waals surface area contributed by atoms with E-state index in [0.717, 1.165) is 0 Å². The molecule has 0 fully saturated rings. The van der Waals surface area contributed by atoms with Crippen molar-refractivity contribution in [3.05, 3.63) is 194 Å². The van der Waals surface area contributed by atoms with Crippen molar-refractivity contribution < 1.29 is 70.8 Å². The molecule has 8 aromatic carbocycles. The van der Waals surface area contributed by atoms with Gasteiger partial charge in [0.05, 0.1) is 0 Å². The predicted molar refractivity (Wildman–Crippen MR) is 265 cm³/mol. The first-order valence-electron chi connectivity index (χ1n) is 18.5. The third kappa shape index (κ3) is 29.2. The van der Waals surface area contributed by atoms with Crippen molar-refractivity contribution in [1.82, 2.24) is 0 Å². The van der Waals surface area contributed by atoms with Crippen LogP contribution >= 0.6 is 18.5 Å². The zero-order valence-electron chi connectivity index (χ0n) is 35.2. The first kappa shape index (κ1) is 72.5. The molecule has 0 saturated carbocycles. The summed E-state index contributed by atoms with van der Waals surface area (Å²) in [5.74, 6) is 0. The van der Waals surface area contributed by atoms with Crippen molar-refractivity contribution >= 4 is 92.1 Å². The Balaban J connectivity index is -0.000000249. The van der Waals surface area contributed by atoms with Crippen LogP contribution in [0.1, 0.15) is 27.7 Å². The first-order valence-corrected chi connectivity index (χ1v) is 28.8. The minimum atomic E-state index is -9.19. The van der Waals surface area contributed by atoms with E-state index in [9.17, 15) is 25.3 Å². The number of benzene rings is 8. The zero-order chi connectivity index (χ0) is 44.2. The SMILES string of the molecule is C.CCC.F.O.O.Pc1ccc2ccccc2c1-c1c(P)ccc2ccccc12.[F-].[F-].[F][SbH]([F])([F])[F].[F][Sb]([F])([F])([F])[F].[Pd].c1ccc(-c2ccccc2)cc1.c1ccc(-c2ccccc2)cc1. The Kier molecular flexibility index (Phi) is 38.5. The average Bonchev–Trinajstić information content (AvgIpc) is 3.22. The van der Waals surface area contributed by atoms with Crippen LogP contribution in [-0.2, 0) is 20.4 Å². The molecule has 374 valence electrons. The molecular weight excluding hydrogens is 1250 g/mol. The maximum atomic E-state index is 9.91. The van der Waals surface area contributed by atoms with E-state index in [4.69, 9.17) is 0 Å². The Bertz CT molecular complexity index is 2240. The van der Waals surface area contributed by atoms with Gasteiger partial charge < -0.3 is 20.4 Å². The van der Waals surface area contributed by atoms with Gasteiger partial charge in [-0.3, -0.25) is 4.70 Å². The van der Waals surface area contributed by atoms with Gasteiger partial charge in [0.25, 0.3) is 0 Å². The molecule has 2 nitrogen and oxygen atoms in total. The van der Waals surface area contributed by atoms with E-state index in [1.807, 2.05) is 24.3 Å². The Morgan fingerprint density at radius 3 is 0.791 bits per heavy atom. The van der Waals surface area contributed by atoms with Crippen LogP contribution in [0.2, 0.25) is 0 Å². The van der Waals surface area contributed by atoms with Crippen LogP contribution in [0.5, 0.6) is 0 Å². The van der Waals surface area contributed by atoms with Crippen LogP contribution < -0.4 is 20.0 Å². The maximum absolute atomic E-state index is 9.91. The smallest absolute Gasteiger partial charge is 0 e. The van der Waals surface area contributed by atoms with E-state index in [1.54, 1.807) is 0 Å². The van der Waals surface area contributed by atoms with E-state index in [1.165, 1.54) is 72.0 Å². The largest absolute Gasteiger partial charge is 0.0622 e. The summed E-state index contributed by atoms with van der Waals surface area (Å²) < 4.78 is 89.1. The van der Waals surface area contributed by atoms with E-state index in [0.29, 0.717) is 0 Å². The molecule has 0 aromatic heterocycles. The summed E-state index contributed by atoms with van der Waals surface area (Å²) >= 11 is -16.4. The van der Waals surface area contributed by atoms with Gasteiger partial charge in [0.1, 0.15) is 0 Å². The third-order valence-corrected chi connectivity index (χ3v) is 8.90. The molecular formula is C48H54F12O2P2PdSb2-2. The van der Waals surface area contributed by atoms with Crippen LogP contribution in [0.4, 0.5) is 30.0 Å². The van der Waals surface area contributed by atoms with Gasteiger partial charge in [-0.05, 0) is 65.5 Å². The molecule has 0 heterocycles. The third-order valence-electron chi connectivity index (χ3n) is 7.93. The molecule has 2 unspecified atom stereocenters. The topological polar surface area (TPSA) is 63.0 Å². The molecule has 0 aliphatic carbocycles. The van der Waals surface area contributed by atoms with Crippen molar-refractivity contribution in [2.24, 2.45) is 0 Å². The Hall–Kier alpha value is -3.48. The van der Waals surface area contributed by atoms with Gasteiger partial charge in [-0.25, -0.2) is 0 Å². The van der Waals surface area contributed by atoms with Crippen molar-refractivity contribution in [2.75, 3.05) is 0 Å². The molecule has 4 N–H and O–H groups in total. The zero-order valence-corrected chi connectivity index (χ0v) is 44.4. The molecule has 0 aliphatic heterocycles. The van der Waals surface area contributed by atoms with Crippen molar-refractivity contribution in [2.45, 2.75) is 27.7 Å². The van der Waals surface area contributed by atoms with Crippen LogP contribution in [-0.4, -0.2) is 52.4 Å². The summed E-state index contributed by atoms with van der Waals surface area (Å²) in [7, 11) is 5.79. The first-order chi connectivity index (χ1) is 28.3. The van der Waals surface area contributed by atoms with Gasteiger partial charge in [0, 0.05) is 20.4 Å². The summed E-state index contributed by atoms with van der Waals surface area (Å²) in [6.45, 7) is 4.25. The molecule has 0 radical (unpaired) electrons. The number of hydrogen-bond donors (Lipinski definition) is 0. The van der Waals surface area contributed by atoms with E-state index >= 15 is 0 Å². The summed E-state index contributed by atoms with van der Waals surface area (Å²) in [5.41, 5.74) is 7.72. The molecule has 2 atom stereocenters. The van der Waals surface area contributed by atoms with Crippen molar-refractivity contribution in [3.63, 3.8) is 0 Å². The van der Waals surface area contributed by atoms with Gasteiger partial charge in [-0.1, -0.05) is 222 Å². The molecule has 0 spiro atoms. The fourth-order valence-electron chi connectivity index (χ4n) is 5.66. The second-order valence-corrected chi connectivity index (χ2v) is 20.1. The molecule has 0 amide bonds. The van der Waals surface area contributed by atoms with Crippen LogP contribution in [0, 0.1) is 0 Å². The number of rotatable bonds is 3. The predicted octanol–water partition coefficient (Wildman–Crippen LogP) is 8.68. The molecule has 19 heteroatoms. The molecule has 0 bridgehead atoms. The fraction of sp³-hybridized carbons (Fsp3) is 0.0833. The number of hydrogen-bond acceptors (Lipinski definition) is 0. The summed E-state index contributed by atoms with van der Waals surface area (Å²) in [5, 5.41) is 7.63. The molecule has 8 aromatic rings. The Morgan fingerprint density at radius 1 is 0.403 bits per heavy atom. The average molecular weight is 1300 g/mol. The molecule has 0 saturated heterocycles. The van der Waals surface area contributed by atoms with E-state index < -0.39 is 41.4 Å². The van der Waals surface area contributed by atoms with Crippen molar-refractivity contribution in [1.29, 1.82) is 0 Å². The standard InChI is InChI=1S/C20H16P2.2C12H10.C3H8.CH4.12FH.2H2O.Pd.2Sb.H/c21-17-11-9-13-5-1-3-7-15(13)19(17)20-16-8-4-2-6-14(16)10-12-18(20)22;2*1-3-7-11(8-4-1)12-9-5-2-6-10-12;1-3-2;;;;;;;;;;;;;;;;;;;/h1-12H,21-22H2;2*1-10H;3H2,1-2H3;1H4;12*1H;2*1H2;;;;/q;;;;;;;;;;;;;;;;;;;;+4;+5;/p-11. The molecule has 0 aliphatic rings. The van der Waals surface area contributed by atoms with Crippen molar-refractivity contribution in [3.8, 4) is 33.4 Å². The van der Waals surface area contributed by atoms with E-state index in [-0.39, 0.29) is 52.9 Å². The summed E-state index contributed by atoms with van der Waals surface area (Å²) in [6.07, 6.45) is 1.25. The second-order valence-electron chi connectivity index (χ2n) is 12.7. The number of fused-ring (bicyclic) bond motifs is 2. The fourth-order valence-corrected chi connectivity index (χ4v) is 6.45. The summed E-state index contributed by atoms with van der Waals surface area (Å²) in [4.78, 5) is 0. The van der Waals surface area contributed by atoms with Gasteiger partial charge in [-0.2, -0.15) is 0 Å². The minimum absolute atomic E-state index is 0. The Labute approximate surface area is 414 Å². The molecule has 8 rings (SSSR count). The monoisotopic (exact) mass is 1300 g/mol. The van der Waals surface area contributed by atoms with Crippen LogP contribution in [0.3, 0.4) is 0 Å². The van der Waals surface area contributed by atoms with Gasteiger partial charge in [0.2, 0.25) is 0 Å². The Morgan fingerprint density at radius 2 is 0.582 bits per heavy atom.